The number of hydrogen-bond donors (Lipinski definition) is 1. The molecule has 1 amide bonds. The Labute approximate surface area is 106 Å². The van der Waals surface area contributed by atoms with Crippen molar-refractivity contribution in [3.8, 4) is 0 Å². The average molecular weight is 247 g/mol. The SMILES string of the molecule is CN1CCCN=C1NC(=O)OCc1ccccc1. The molecule has 0 radical (unpaired) electrons. The fraction of sp³-hybridized carbons (Fsp3) is 0.385. The minimum Gasteiger partial charge on any atom is -0.444 e. The molecule has 2 rings (SSSR count). The predicted octanol–water partition coefficient (Wildman–Crippen LogP) is 1.60. The summed E-state index contributed by atoms with van der Waals surface area (Å²) in [5.74, 6) is 0.583. The number of aliphatic imine (C=N–C) groups is 1. The molecule has 0 aliphatic carbocycles. The summed E-state index contributed by atoms with van der Waals surface area (Å²) in [7, 11) is 1.90. The van der Waals surface area contributed by atoms with E-state index in [9.17, 15) is 4.79 Å². The molecule has 0 spiro atoms. The molecule has 1 aromatic carbocycles. The van der Waals surface area contributed by atoms with E-state index in [0.29, 0.717) is 5.96 Å². The zero-order valence-electron chi connectivity index (χ0n) is 10.4. The molecule has 0 bridgehead atoms. The summed E-state index contributed by atoms with van der Waals surface area (Å²) in [4.78, 5) is 17.7. The van der Waals surface area contributed by atoms with Crippen LogP contribution in [0.15, 0.2) is 35.3 Å². The zero-order valence-corrected chi connectivity index (χ0v) is 10.4. The van der Waals surface area contributed by atoms with Crippen LogP contribution in [-0.2, 0) is 11.3 Å². The van der Waals surface area contributed by atoms with Gasteiger partial charge < -0.3 is 9.64 Å². The Morgan fingerprint density at radius 3 is 2.94 bits per heavy atom. The van der Waals surface area contributed by atoms with Crippen LogP contribution in [-0.4, -0.2) is 37.1 Å². The molecule has 1 heterocycles. The van der Waals surface area contributed by atoms with Gasteiger partial charge in [-0.2, -0.15) is 0 Å². The number of ether oxygens (including phenoxy) is 1. The maximum Gasteiger partial charge on any atom is 0.414 e. The predicted molar refractivity (Wildman–Crippen MR) is 69.3 cm³/mol. The maximum atomic E-state index is 11.6. The Kier molecular flexibility index (Phi) is 4.17. The Bertz CT molecular complexity index is 431. The van der Waals surface area contributed by atoms with Crippen molar-refractivity contribution in [1.82, 2.24) is 10.2 Å². The number of hydrogen-bond acceptors (Lipinski definition) is 4. The normalized spacial score (nSPS) is 14.9. The third kappa shape index (κ3) is 3.48. The number of alkyl carbamates (subject to hydrolysis) is 1. The highest BCUT2D eigenvalue weighted by Crippen LogP contribution is 2.02. The fourth-order valence-electron chi connectivity index (χ4n) is 1.70. The summed E-state index contributed by atoms with van der Waals surface area (Å²) >= 11 is 0. The van der Waals surface area contributed by atoms with Crippen LogP contribution in [0, 0.1) is 0 Å². The molecule has 5 nitrogen and oxygen atoms in total. The van der Waals surface area contributed by atoms with Crippen LogP contribution in [0.3, 0.4) is 0 Å². The van der Waals surface area contributed by atoms with Crippen LogP contribution >= 0.6 is 0 Å². The molecule has 0 aromatic heterocycles. The monoisotopic (exact) mass is 247 g/mol. The maximum absolute atomic E-state index is 11.6. The van der Waals surface area contributed by atoms with Crippen molar-refractivity contribution in [3.63, 3.8) is 0 Å². The molecule has 5 heteroatoms. The number of carbonyl (C=O) groups is 1. The van der Waals surface area contributed by atoms with Gasteiger partial charge in [-0.25, -0.2) is 4.79 Å². The van der Waals surface area contributed by atoms with Crippen LogP contribution in [0.1, 0.15) is 12.0 Å². The van der Waals surface area contributed by atoms with E-state index < -0.39 is 6.09 Å². The van der Waals surface area contributed by atoms with Crippen molar-refractivity contribution in [2.24, 2.45) is 4.99 Å². The van der Waals surface area contributed by atoms with Crippen molar-refractivity contribution in [1.29, 1.82) is 0 Å². The lowest BCUT2D eigenvalue weighted by molar-refractivity contribution is 0.144. The summed E-state index contributed by atoms with van der Waals surface area (Å²) in [5, 5.41) is 2.65. The summed E-state index contributed by atoms with van der Waals surface area (Å²) in [6.07, 6.45) is 0.548. The van der Waals surface area contributed by atoms with E-state index in [1.807, 2.05) is 42.3 Å². The van der Waals surface area contributed by atoms with Crippen LogP contribution in [0.25, 0.3) is 0 Å². The first-order chi connectivity index (χ1) is 8.75. The second-order valence-corrected chi connectivity index (χ2v) is 4.17. The second kappa shape index (κ2) is 6.05. The van der Waals surface area contributed by atoms with Gasteiger partial charge in [0.1, 0.15) is 6.61 Å². The fourth-order valence-corrected chi connectivity index (χ4v) is 1.70. The van der Waals surface area contributed by atoms with Crippen molar-refractivity contribution < 1.29 is 9.53 Å². The van der Waals surface area contributed by atoms with Crippen LogP contribution in [0.5, 0.6) is 0 Å². The molecule has 1 N–H and O–H groups in total. The van der Waals surface area contributed by atoms with Gasteiger partial charge in [0.05, 0.1) is 0 Å². The van der Waals surface area contributed by atoms with Gasteiger partial charge in [-0.3, -0.25) is 10.3 Å². The summed E-state index contributed by atoms with van der Waals surface area (Å²) < 4.78 is 5.12. The molecule has 1 aliphatic rings. The van der Waals surface area contributed by atoms with E-state index in [4.69, 9.17) is 4.74 Å². The largest absolute Gasteiger partial charge is 0.444 e. The van der Waals surface area contributed by atoms with E-state index >= 15 is 0 Å². The lowest BCUT2D eigenvalue weighted by Gasteiger charge is -2.24. The number of amides is 1. The number of guanidine groups is 1. The minimum atomic E-state index is -0.466. The smallest absolute Gasteiger partial charge is 0.414 e. The third-order valence-corrected chi connectivity index (χ3v) is 2.70. The Hall–Kier alpha value is -2.04. The highest BCUT2D eigenvalue weighted by Gasteiger charge is 2.14. The van der Waals surface area contributed by atoms with E-state index in [1.165, 1.54) is 0 Å². The average Bonchev–Trinajstić information content (AvgIpc) is 2.40. The number of carbonyl (C=O) groups excluding carboxylic acids is 1. The lowest BCUT2D eigenvalue weighted by atomic mass is 10.2. The summed E-state index contributed by atoms with van der Waals surface area (Å²) in [6.45, 7) is 1.92. The van der Waals surface area contributed by atoms with E-state index in [-0.39, 0.29) is 6.61 Å². The van der Waals surface area contributed by atoms with Gasteiger partial charge in [0.2, 0.25) is 5.96 Å². The second-order valence-electron chi connectivity index (χ2n) is 4.17. The molecular weight excluding hydrogens is 230 g/mol. The van der Waals surface area contributed by atoms with Gasteiger partial charge in [0.25, 0.3) is 0 Å². The first-order valence-corrected chi connectivity index (χ1v) is 5.99. The molecular formula is C13H17N3O2. The first kappa shape index (κ1) is 12.4. The summed E-state index contributed by atoms with van der Waals surface area (Å²) in [5.41, 5.74) is 0.964. The topological polar surface area (TPSA) is 53.9 Å². The molecule has 0 saturated heterocycles. The lowest BCUT2D eigenvalue weighted by Crippen LogP contribution is -2.44. The summed E-state index contributed by atoms with van der Waals surface area (Å²) in [6, 6.07) is 9.58. The van der Waals surface area contributed by atoms with Crippen molar-refractivity contribution >= 4 is 12.1 Å². The van der Waals surface area contributed by atoms with Gasteiger partial charge in [-0.15, -0.1) is 0 Å². The van der Waals surface area contributed by atoms with Crippen molar-refractivity contribution in [3.05, 3.63) is 35.9 Å². The zero-order chi connectivity index (χ0) is 12.8. The Morgan fingerprint density at radius 1 is 1.44 bits per heavy atom. The first-order valence-electron chi connectivity index (χ1n) is 5.99. The number of rotatable bonds is 2. The van der Waals surface area contributed by atoms with Crippen LogP contribution in [0.2, 0.25) is 0 Å². The molecule has 18 heavy (non-hydrogen) atoms. The van der Waals surface area contributed by atoms with Gasteiger partial charge in [0.15, 0.2) is 0 Å². The minimum absolute atomic E-state index is 0.268. The van der Waals surface area contributed by atoms with Crippen LogP contribution < -0.4 is 5.32 Å². The van der Waals surface area contributed by atoms with Crippen LogP contribution in [0.4, 0.5) is 4.79 Å². The molecule has 0 unspecified atom stereocenters. The highest BCUT2D eigenvalue weighted by molar-refractivity contribution is 5.94. The Morgan fingerprint density at radius 2 is 2.22 bits per heavy atom. The molecule has 0 saturated carbocycles. The number of nitrogens with zero attached hydrogens (tertiary/aromatic N) is 2. The van der Waals surface area contributed by atoms with Crippen molar-refractivity contribution in [2.75, 3.05) is 20.1 Å². The van der Waals surface area contributed by atoms with Gasteiger partial charge in [-0.1, -0.05) is 30.3 Å². The number of nitrogens with one attached hydrogen (secondary N) is 1. The molecule has 0 fully saturated rings. The molecule has 96 valence electrons. The Balaban J connectivity index is 1.80. The van der Waals surface area contributed by atoms with Gasteiger partial charge in [0, 0.05) is 20.1 Å². The standard InChI is InChI=1S/C13H17N3O2/c1-16-9-5-8-14-12(16)15-13(17)18-10-11-6-3-2-4-7-11/h2-4,6-7H,5,8-10H2,1H3,(H,14,15,17). The van der Waals surface area contributed by atoms with E-state index in [0.717, 1.165) is 25.1 Å². The van der Waals surface area contributed by atoms with E-state index in [1.54, 1.807) is 0 Å². The van der Waals surface area contributed by atoms with Gasteiger partial charge >= 0.3 is 6.09 Å². The number of benzene rings is 1. The quantitative estimate of drug-likeness (QED) is 0.863. The molecule has 1 aliphatic heterocycles. The van der Waals surface area contributed by atoms with E-state index in [2.05, 4.69) is 10.3 Å². The molecule has 1 aromatic rings. The van der Waals surface area contributed by atoms with Crippen molar-refractivity contribution in [2.45, 2.75) is 13.0 Å². The van der Waals surface area contributed by atoms with Gasteiger partial charge in [-0.05, 0) is 12.0 Å². The molecule has 0 atom stereocenters. The third-order valence-electron chi connectivity index (χ3n) is 2.70. The highest BCUT2D eigenvalue weighted by atomic mass is 16.5.